The van der Waals surface area contributed by atoms with E-state index in [4.69, 9.17) is 5.11 Å². The summed E-state index contributed by atoms with van der Waals surface area (Å²) in [4.78, 5) is 26.5. The summed E-state index contributed by atoms with van der Waals surface area (Å²) < 4.78 is 0. The fourth-order valence-electron chi connectivity index (χ4n) is 1.83. The van der Waals surface area contributed by atoms with E-state index < -0.39 is 12.0 Å². The molecule has 1 N–H and O–H groups in total. The molecule has 2 rings (SSSR count). The minimum Gasteiger partial charge on any atom is -0.480 e. The molecule has 1 amide bonds. The molecule has 0 fully saturated rings. The third-order valence-corrected chi connectivity index (χ3v) is 4.65. The number of hydrogen-bond donors (Lipinski definition) is 1. The first-order valence-corrected chi connectivity index (χ1v) is 7.31. The van der Waals surface area contributed by atoms with Crippen molar-refractivity contribution >= 4 is 40.7 Å². The molecule has 1 aliphatic heterocycles. The van der Waals surface area contributed by atoms with Gasteiger partial charge in [-0.3, -0.25) is 9.69 Å². The molecule has 96 valence electrons. The number of aliphatic carboxylic acids is 1. The van der Waals surface area contributed by atoms with Crippen LogP contribution in [0.4, 0.5) is 0 Å². The number of rotatable bonds is 3. The molecule has 18 heavy (non-hydrogen) atoms. The van der Waals surface area contributed by atoms with Gasteiger partial charge in [-0.1, -0.05) is 6.07 Å². The summed E-state index contributed by atoms with van der Waals surface area (Å²) in [7, 11) is 0. The van der Waals surface area contributed by atoms with Gasteiger partial charge in [0.05, 0.1) is 16.3 Å². The highest BCUT2D eigenvalue weighted by atomic mass is 32.2. The lowest BCUT2D eigenvalue weighted by molar-refractivity contribution is -0.145. The Labute approximate surface area is 113 Å². The van der Waals surface area contributed by atoms with Gasteiger partial charge < -0.3 is 5.11 Å². The Morgan fingerprint density at radius 3 is 2.83 bits per heavy atom. The van der Waals surface area contributed by atoms with E-state index >= 15 is 0 Å². The second-order valence-corrected chi connectivity index (χ2v) is 6.09. The second-order valence-electron chi connectivity index (χ2n) is 3.95. The summed E-state index contributed by atoms with van der Waals surface area (Å²) in [5, 5.41) is 11.1. The van der Waals surface area contributed by atoms with Crippen LogP contribution in [0.2, 0.25) is 0 Å². The van der Waals surface area contributed by atoms with Crippen LogP contribution in [0.3, 0.4) is 0 Å². The maximum absolute atomic E-state index is 12.0. The number of thiophene rings is 1. The number of thioether (sulfide) groups is 1. The van der Waals surface area contributed by atoms with Crippen molar-refractivity contribution in [2.45, 2.75) is 19.9 Å². The van der Waals surface area contributed by atoms with Crippen LogP contribution >= 0.6 is 23.1 Å². The molecule has 0 aromatic carbocycles. The number of allylic oxidation sites excluding steroid dienone is 1. The standard InChI is InChI=1S/C12H13NO3S2/c1-7(12(15)16)13-10(14)6-18-8(2)11(13)9-4-3-5-17-9/h3-5,7H,6H2,1-2H3,(H,15,16). The molecule has 0 saturated carbocycles. The maximum atomic E-state index is 12.0. The number of nitrogens with zero attached hydrogens (tertiary/aromatic N) is 1. The Bertz CT molecular complexity index is 507. The van der Waals surface area contributed by atoms with E-state index in [0.29, 0.717) is 5.75 Å². The third-order valence-electron chi connectivity index (χ3n) is 2.75. The fraction of sp³-hybridized carbons (Fsp3) is 0.333. The Morgan fingerprint density at radius 2 is 2.28 bits per heavy atom. The average molecular weight is 283 g/mol. The van der Waals surface area contributed by atoms with Crippen LogP contribution < -0.4 is 0 Å². The van der Waals surface area contributed by atoms with Gasteiger partial charge in [0.15, 0.2) is 0 Å². The van der Waals surface area contributed by atoms with Gasteiger partial charge >= 0.3 is 5.97 Å². The Kier molecular flexibility index (Phi) is 3.77. The first-order valence-electron chi connectivity index (χ1n) is 5.44. The van der Waals surface area contributed by atoms with Crippen molar-refractivity contribution in [2.24, 2.45) is 0 Å². The summed E-state index contributed by atoms with van der Waals surface area (Å²) in [5.41, 5.74) is 0.737. The summed E-state index contributed by atoms with van der Waals surface area (Å²) in [6.45, 7) is 3.46. The quantitative estimate of drug-likeness (QED) is 0.926. The van der Waals surface area contributed by atoms with E-state index in [0.717, 1.165) is 15.5 Å². The molecule has 1 aromatic heterocycles. The molecule has 1 unspecified atom stereocenters. The van der Waals surface area contributed by atoms with E-state index in [-0.39, 0.29) is 5.91 Å². The smallest absolute Gasteiger partial charge is 0.326 e. The van der Waals surface area contributed by atoms with Crippen LogP contribution in [-0.2, 0) is 9.59 Å². The number of amides is 1. The molecule has 0 aliphatic carbocycles. The SMILES string of the molecule is CC1=C(c2cccs2)N(C(C)C(=O)O)C(=O)CS1. The number of carbonyl (C=O) groups excluding carboxylic acids is 1. The van der Waals surface area contributed by atoms with Crippen molar-refractivity contribution in [3.8, 4) is 0 Å². The van der Waals surface area contributed by atoms with Gasteiger partial charge in [-0.2, -0.15) is 0 Å². The number of hydrogen-bond acceptors (Lipinski definition) is 4. The molecule has 1 aromatic rings. The highest BCUT2D eigenvalue weighted by Gasteiger charge is 2.34. The van der Waals surface area contributed by atoms with Gasteiger partial charge in [-0.15, -0.1) is 23.1 Å². The first kappa shape index (κ1) is 13.2. The van der Waals surface area contributed by atoms with Crippen molar-refractivity contribution < 1.29 is 14.7 Å². The molecule has 1 atom stereocenters. The highest BCUT2D eigenvalue weighted by Crippen LogP contribution is 2.37. The van der Waals surface area contributed by atoms with Gasteiger partial charge in [0.1, 0.15) is 6.04 Å². The van der Waals surface area contributed by atoms with E-state index in [1.165, 1.54) is 34.9 Å². The Balaban J connectivity index is 2.49. The van der Waals surface area contributed by atoms with Gasteiger partial charge in [0, 0.05) is 4.91 Å². The second kappa shape index (κ2) is 5.16. The lowest BCUT2D eigenvalue weighted by atomic mass is 10.2. The minimum atomic E-state index is -0.989. The Hall–Kier alpha value is -1.27. The molecule has 0 radical (unpaired) electrons. The minimum absolute atomic E-state index is 0.149. The molecular formula is C12H13NO3S2. The zero-order chi connectivity index (χ0) is 13.3. The zero-order valence-corrected chi connectivity index (χ0v) is 11.7. The van der Waals surface area contributed by atoms with Gasteiger partial charge in [0.2, 0.25) is 5.91 Å². The molecule has 4 nitrogen and oxygen atoms in total. The number of carboxylic acids is 1. The molecule has 0 spiro atoms. The lowest BCUT2D eigenvalue weighted by Gasteiger charge is -2.33. The molecule has 0 bridgehead atoms. The maximum Gasteiger partial charge on any atom is 0.326 e. The largest absolute Gasteiger partial charge is 0.480 e. The highest BCUT2D eigenvalue weighted by molar-refractivity contribution is 8.03. The summed E-state index contributed by atoms with van der Waals surface area (Å²) in [5.74, 6) is -0.834. The third kappa shape index (κ3) is 2.30. The van der Waals surface area contributed by atoms with Crippen molar-refractivity contribution in [1.82, 2.24) is 4.90 Å². The van der Waals surface area contributed by atoms with Crippen molar-refractivity contribution in [1.29, 1.82) is 0 Å². The molecule has 2 heterocycles. The van der Waals surface area contributed by atoms with E-state index in [1.807, 2.05) is 24.4 Å². The predicted molar refractivity (Wildman–Crippen MR) is 73.3 cm³/mol. The van der Waals surface area contributed by atoms with Crippen LogP contribution in [-0.4, -0.2) is 33.7 Å². The Morgan fingerprint density at radius 1 is 1.56 bits per heavy atom. The fourth-order valence-corrected chi connectivity index (χ4v) is 3.54. The summed E-state index contributed by atoms with van der Waals surface area (Å²) in [6.07, 6.45) is 0. The van der Waals surface area contributed by atoms with Crippen LogP contribution in [0.5, 0.6) is 0 Å². The van der Waals surface area contributed by atoms with Crippen molar-refractivity contribution in [3.63, 3.8) is 0 Å². The van der Waals surface area contributed by atoms with E-state index in [9.17, 15) is 9.59 Å². The molecule has 0 saturated heterocycles. The predicted octanol–water partition coefficient (Wildman–Crippen LogP) is 2.49. The van der Waals surface area contributed by atoms with E-state index in [1.54, 1.807) is 0 Å². The van der Waals surface area contributed by atoms with Gasteiger partial charge in [-0.05, 0) is 25.3 Å². The molecule has 6 heteroatoms. The zero-order valence-electron chi connectivity index (χ0n) is 10.0. The molecule has 1 aliphatic rings. The van der Waals surface area contributed by atoms with E-state index in [2.05, 4.69) is 0 Å². The van der Waals surface area contributed by atoms with Gasteiger partial charge in [0.25, 0.3) is 0 Å². The topological polar surface area (TPSA) is 57.6 Å². The summed E-state index contributed by atoms with van der Waals surface area (Å²) in [6, 6.07) is 2.96. The average Bonchev–Trinajstić information content (AvgIpc) is 2.84. The van der Waals surface area contributed by atoms with Crippen LogP contribution in [0.25, 0.3) is 5.70 Å². The number of carboxylic acid groups (broad SMARTS) is 1. The monoisotopic (exact) mass is 283 g/mol. The normalized spacial score (nSPS) is 18.1. The number of carbonyl (C=O) groups is 2. The van der Waals surface area contributed by atoms with Gasteiger partial charge in [-0.25, -0.2) is 4.79 Å². The van der Waals surface area contributed by atoms with Crippen molar-refractivity contribution in [2.75, 3.05) is 5.75 Å². The van der Waals surface area contributed by atoms with Crippen LogP contribution in [0.15, 0.2) is 22.4 Å². The molecular weight excluding hydrogens is 270 g/mol. The van der Waals surface area contributed by atoms with Crippen LogP contribution in [0, 0.1) is 0 Å². The van der Waals surface area contributed by atoms with Crippen molar-refractivity contribution in [3.05, 3.63) is 27.3 Å². The van der Waals surface area contributed by atoms with Crippen LogP contribution in [0.1, 0.15) is 18.7 Å². The first-order chi connectivity index (χ1) is 8.52. The summed E-state index contributed by atoms with van der Waals surface area (Å²) >= 11 is 2.98. The lowest BCUT2D eigenvalue weighted by Crippen LogP contribution is -2.44.